The Balaban J connectivity index is 2.19. The standard InChI is InChI=1S/C13H15N3O2/c14-10-11-4-3-7-16(13(11)18)9-8-15-6-2-1-5-12(15)17/h1-7H,8-10,14H2. The molecule has 2 aromatic rings. The SMILES string of the molecule is NCc1cccn(CCn2ccccc2=O)c1=O. The summed E-state index contributed by atoms with van der Waals surface area (Å²) in [6, 6.07) is 8.49. The van der Waals surface area contributed by atoms with Crippen LogP contribution >= 0.6 is 0 Å². The van der Waals surface area contributed by atoms with Crippen LogP contribution in [0.25, 0.3) is 0 Å². The quantitative estimate of drug-likeness (QED) is 0.834. The average molecular weight is 245 g/mol. The molecule has 0 unspecified atom stereocenters. The summed E-state index contributed by atoms with van der Waals surface area (Å²) >= 11 is 0. The minimum Gasteiger partial charge on any atom is -0.326 e. The Bertz CT molecular complexity index is 643. The second-order valence-electron chi connectivity index (χ2n) is 3.97. The first-order valence-electron chi connectivity index (χ1n) is 5.76. The van der Waals surface area contributed by atoms with E-state index in [0.29, 0.717) is 18.7 Å². The highest BCUT2D eigenvalue weighted by atomic mass is 16.1. The van der Waals surface area contributed by atoms with Gasteiger partial charge in [0.25, 0.3) is 11.1 Å². The van der Waals surface area contributed by atoms with Gasteiger partial charge in [-0.25, -0.2) is 0 Å². The first kappa shape index (κ1) is 12.3. The Labute approximate surface area is 104 Å². The lowest BCUT2D eigenvalue weighted by atomic mass is 10.3. The molecule has 0 amide bonds. The highest BCUT2D eigenvalue weighted by molar-refractivity contribution is 5.09. The molecule has 2 N–H and O–H groups in total. The highest BCUT2D eigenvalue weighted by Gasteiger charge is 2.01. The van der Waals surface area contributed by atoms with Gasteiger partial charge in [-0.05, 0) is 12.1 Å². The summed E-state index contributed by atoms with van der Waals surface area (Å²) in [7, 11) is 0. The van der Waals surface area contributed by atoms with Crippen LogP contribution in [0.2, 0.25) is 0 Å². The molecule has 18 heavy (non-hydrogen) atoms. The number of rotatable bonds is 4. The second-order valence-corrected chi connectivity index (χ2v) is 3.97. The molecule has 0 radical (unpaired) electrons. The van der Waals surface area contributed by atoms with Gasteiger partial charge >= 0.3 is 0 Å². The van der Waals surface area contributed by atoms with Gasteiger partial charge in [-0.15, -0.1) is 0 Å². The summed E-state index contributed by atoms with van der Waals surface area (Å²) in [6.07, 6.45) is 3.41. The minimum atomic E-state index is -0.0935. The molecular formula is C13H15N3O2. The van der Waals surface area contributed by atoms with E-state index in [0.717, 1.165) is 0 Å². The molecule has 5 heteroatoms. The molecular weight excluding hydrogens is 230 g/mol. The van der Waals surface area contributed by atoms with E-state index >= 15 is 0 Å². The van der Waals surface area contributed by atoms with Crippen LogP contribution in [-0.2, 0) is 19.6 Å². The van der Waals surface area contributed by atoms with Crippen molar-refractivity contribution in [1.29, 1.82) is 0 Å². The molecule has 0 fully saturated rings. The van der Waals surface area contributed by atoms with Gasteiger partial charge in [-0.1, -0.05) is 12.1 Å². The van der Waals surface area contributed by atoms with Crippen molar-refractivity contribution in [3.63, 3.8) is 0 Å². The zero-order valence-corrected chi connectivity index (χ0v) is 9.95. The third-order valence-corrected chi connectivity index (χ3v) is 2.80. The molecule has 5 nitrogen and oxygen atoms in total. The van der Waals surface area contributed by atoms with E-state index in [-0.39, 0.29) is 17.7 Å². The van der Waals surface area contributed by atoms with Crippen LogP contribution in [0.3, 0.4) is 0 Å². The van der Waals surface area contributed by atoms with Gasteiger partial charge in [0.05, 0.1) is 0 Å². The summed E-state index contributed by atoms with van der Waals surface area (Å²) in [6.45, 7) is 1.15. The molecule has 2 aromatic heterocycles. The number of hydrogen-bond acceptors (Lipinski definition) is 3. The maximum absolute atomic E-state index is 11.9. The first-order valence-corrected chi connectivity index (χ1v) is 5.76. The van der Waals surface area contributed by atoms with Crippen molar-refractivity contribution in [2.75, 3.05) is 0 Å². The Morgan fingerprint density at radius 3 is 2.39 bits per heavy atom. The third-order valence-electron chi connectivity index (χ3n) is 2.80. The Kier molecular flexibility index (Phi) is 3.74. The summed E-state index contributed by atoms with van der Waals surface area (Å²) in [5, 5.41) is 0. The molecule has 2 rings (SSSR count). The fourth-order valence-corrected chi connectivity index (χ4v) is 1.78. The van der Waals surface area contributed by atoms with Crippen molar-refractivity contribution in [3.05, 3.63) is 69.0 Å². The topological polar surface area (TPSA) is 70.0 Å². The van der Waals surface area contributed by atoms with Gasteiger partial charge in [0.1, 0.15) is 0 Å². The highest BCUT2D eigenvalue weighted by Crippen LogP contribution is 1.92. The van der Waals surface area contributed by atoms with Crippen molar-refractivity contribution in [3.8, 4) is 0 Å². The number of hydrogen-bond donors (Lipinski definition) is 1. The lowest BCUT2D eigenvalue weighted by Gasteiger charge is -2.08. The average Bonchev–Trinajstić information content (AvgIpc) is 2.39. The number of aromatic nitrogens is 2. The third kappa shape index (κ3) is 2.57. The summed E-state index contributed by atoms with van der Waals surface area (Å²) in [5.74, 6) is 0. The summed E-state index contributed by atoms with van der Waals surface area (Å²) in [4.78, 5) is 23.4. The lowest BCUT2D eigenvalue weighted by molar-refractivity contribution is 0.550. The van der Waals surface area contributed by atoms with Crippen molar-refractivity contribution >= 4 is 0 Å². The summed E-state index contributed by atoms with van der Waals surface area (Å²) in [5.41, 5.74) is 5.90. The number of nitrogens with two attached hydrogens (primary N) is 1. The van der Waals surface area contributed by atoms with Crippen LogP contribution < -0.4 is 16.9 Å². The van der Waals surface area contributed by atoms with Gasteiger partial charge in [0.15, 0.2) is 0 Å². The van der Waals surface area contributed by atoms with Gasteiger partial charge < -0.3 is 14.9 Å². The maximum Gasteiger partial charge on any atom is 0.255 e. The molecule has 2 heterocycles. The van der Waals surface area contributed by atoms with Crippen LogP contribution in [0.5, 0.6) is 0 Å². The van der Waals surface area contributed by atoms with E-state index in [1.54, 1.807) is 45.8 Å². The number of pyridine rings is 2. The normalized spacial score (nSPS) is 10.5. The molecule has 0 aromatic carbocycles. The van der Waals surface area contributed by atoms with E-state index in [2.05, 4.69) is 0 Å². The monoisotopic (exact) mass is 245 g/mol. The predicted octanol–water partition coefficient (Wildman–Crippen LogP) is 0.169. The summed E-state index contributed by atoms with van der Waals surface area (Å²) < 4.78 is 3.14. The first-order chi connectivity index (χ1) is 8.72. The van der Waals surface area contributed by atoms with Gasteiger partial charge in [0.2, 0.25) is 0 Å². The van der Waals surface area contributed by atoms with Gasteiger partial charge in [-0.2, -0.15) is 0 Å². The van der Waals surface area contributed by atoms with E-state index in [1.165, 1.54) is 6.07 Å². The van der Waals surface area contributed by atoms with Crippen molar-refractivity contribution in [2.45, 2.75) is 19.6 Å². The molecule has 0 spiro atoms. The second kappa shape index (κ2) is 5.46. The zero-order valence-electron chi connectivity index (χ0n) is 9.95. The van der Waals surface area contributed by atoms with Crippen molar-refractivity contribution in [1.82, 2.24) is 9.13 Å². The van der Waals surface area contributed by atoms with E-state index in [9.17, 15) is 9.59 Å². The zero-order chi connectivity index (χ0) is 13.0. The fraction of sp³-hybridized carbons (Fsp3) is 0.231. The van der Waals surface area contributed by atoms with Crippen LogP contribution in [0.4, 0.5) is 0 Å². The number of nitrogens with zero attached hydrogens (tertiary/aromatic N) is 2. The Morgan fingerprint density at radius 1 is 0.944 bits per heavy atom. The molecule has 0 aliphatic rings. The molecule has 0 aliphatic carbocycles. The molecule has 0 aliphatic heterocycles. The van der Waals surface area contributed by atoms with Gasteiger partial charge in [0, 0.05) is 43.7 Å². The smallest absolute Gasteiger partial charge is 0.255 e. The maximum atomic E-state index is 11.9. The molecule has 94 valence electrons. The number of aryl methyl sites for hydroxylation is 2. The van der Waals surface area contributed by atoms with Gasteiger partial charge in [-0.3, -0.25) is 9.59 Å². The van der Waals surface area contributed by atoms with Crippen molar-refractivity contribution in [2.24, 2.45) is 5.73 Å². The van der Waals surface area contributed by atoms with Crippen LogP contribution in [-0.4, -0.2) is 9.13 Å². The molecule has 0 bridgehead atoms. The Hall–Kier alpha value is -2.14. The molecule has 0 saturated heterocycles. The molecule has 0 atom stereocenters. The van der Waals surface area contributed by atoms with Crippen LogP contribution in [0.15, 0.2) is 52.3 Å². The lowest BCUT2D eigenvalue weighted by Crippen LogP contribution is -2.28. The molecule has 0 saturated carbocycles. The fourth-order valence-electron chi connectivity index (χ4n) is 1.78. The van der Waals surface area contributed by atoms with E-state index in [1.807, 2.05) is 0 Å². The van der Waals surface area contributed by atoms with Crippen LogP contribution in [0, 0.1) is 0 Å². The van der Waals surface area contributed by atoms with E-state index < -0.39 is 0 Å². The predicted molar refractivity (Wildman–Crippen MR) is 69.3 cm³/mol. The Morgan fingerprint density at radius 2 is 1.67 bits per heavy atom. The van der Waals surface area contributed by atoms with Crippen LogP contribution in [0.1, 0.15) is 5.56 Å². The van der Waals surface area contributed by atoms with Crippen molar-refractivity contribution < 1.29 is 0 Å². The minimum absolute atomic E-state index is 0.0690. The van der Waals surface area contributed by atoms with E-state index in [4.69, 9.17) is 5.73 Å². The largest absolute Gasteiger partial charge is 0.326 e.